The number of hydrogen-bond donors (Lipinski definition) is 2. The molecule has 0 aliphatic heterocycles. The number of nitrogens with one attached hydrogen (secondary N) is 1. The van der Waals surface area contributed by atoms with E-state index in [1.54, 1.807) is 17.0 Å². The van der Waals surface area contributed by atoms with Gasteiger partial charge in [0.15, 0.2) is 18.3 Å². The van der Waals surface area contributed by atoms with E-state index in [0.29, 0.717) is 5.82 Å². The van der Waals surface area contributed by atoms with E-state index in [1.807, 2.05) is 12.1 Å². The average Bonchev–Trinajstić information content (AvgIpc) is 3.05. The van der Waals surface area contributed by atoms with Crippen molar-refractivity contribution in [3.8, 4) is 5.82 Å². The first-order chi connectivity index (χ1) is 9.26. The van der Waals surface area contributed by atoms with Crippen molar-refractivity contribution in [3.05, 3.63) is 36.0 Å². The molecule has 2 aromatic rings. The predicted molar refractivity (Wildman–Crippen MR) is 69.0 cm³/mol. The van der Waals surface area contributed by atoms with E-state index >= 15 is 0 Å². The maximum Gasteiger partial charge on any atom is 0.360 e. The number of nitrogens with zero attached hydrogens (tertiary/aromatic N) is 2. The van der Waals surface area contributed by atoms with E-state index in [0.717, 1.165) is 25.1 Å². The Hall–Kier alpha value is -2.08. The summed E-state index contributed by atoms with van der Waals surface area (Å²) in [6, 6.07) is 3.70. The lowest BCUT2D eigenvalue weighted by Crippen LogP contribution is -2.09. The lowest BCUT2D eigenvalue weighted by Gasteiger charge is -2.02. The van der Waals surface area contributed by atoms with E-state index in [4.69, 9.17) is 5.11 Å². The third kappa shape index (κ3) is 3.03. The molecule has 6 heteroatoms. The molecule has 0 aliphatic rings. The highest BCUT2D eigenvalue weighted by molar-refractivity contribution is 5.90. The van der Waals surface area contributed by atoms with Gasteiger partial charge in [-0.3, -0.25) is 0 Å². The van der Waals surface area contributed by atoms with Gasteiger partial charge in [0, 0.05) is 18.8 Å². The van der Waals surface area contributed by atoms with Crippen LogP contribution in [0.5, 0.6) is 0 Å². The largest absolute Gasteiger partial charge is 0.434 e. The second kappa shape index (κ2) is 6.19. The zero-order valence-corrected chi connectivity index (χ0v) is 10.8. The zero-order chi connectivity index (χ0) is 13.7. The lowest BCUT2D eigenvalue weighted by atomic mass is 10.2. The summed E-state index contributed by atoms with van der Waals surface area (Å²) in [5.41, 5.74) is 0.261. The Morgan fingerprint density at radius 2 is 2.21 bits per heavy atom. The molecular formula is C13H17N3O3. The highest BCUT2D eigenvalue weighted by atomic mass is 16.6. The second-order valence-electron chi connectivity index (χ2n) is 4.14. The smallest absolute Gasteiger partial charge is 0.360 e. The molecular weight excluding hydrogens is 246 g/mol. The molecule has 0 saturated carbocycles. The molecule has 0 atom stereocenters. The van der Waals surface area contributed by atoms with Crippen LogP contribution in [-0.4, -0.2) is 32.4 Å². The van der Waals surface area contributed by atoms with Crippen LogP contribution in [0.2, 0.25) is 0 Å². The molecule has 102 valence electrons. The number of carbonyl (C=O) groups is 1. The van der Waals surface area contributed by atoms with Crippen molar-refractivity contribution in [2.45, 2.75) is 26.2 Å². The number of aryl methyl sites for hydroxylation is 1. The number of aliphatic hydroxyl groups is 1. The summed E-state index contributed by atoms with van der Waals surface area (Å²) in [4.78, 5) is 19.2. The van der Waals surface area contributed by atoms with Crippen molar-refractivity contribution >= 4 is 5.97 Å². The molecule has 2 aromatic heterocycles. The maximum absolute atomic E-state index is 11.8. The van der Waals surface area contributed by atoms with Gasteiger partial charge in [-0.2, -0.15) is 0 Å². The molecule has 2 N–H and O–H groups in total. The molecule has 0 aliphatic carbocycles. The van der Waals surface area contributed by atoms with Crippen LogP contribution in [0.15, 0.2) is 24.5 Å². The molecule has 0 amide bonds. The molecule has 0 bridgehead atoms. The fourth-order valence-corrected chi connectivity index (χ4v) is 1.81. The number of aliphatic hydroxyl groups excluding tert-OH is 1. The number of aromatic amines is 1. The van der Waals surface area contributed by atoms with E-state index in [2.05, 4.69) is 21.6 Å². The van der Waals surface area contributed by atoms with Gasteiger partial charge in [-0.15, -0.1) is 0 Å². The van der Waals surface area contributed by atoms with Crippen LogP contribution in [0.1, 0.15) is 36.1 Å². The van der Waals surface area contributed by atoms with Crippen molar-refractivity contribution in [1.82, 2.24) is 14.5 Å². The molecule has 0 radical (unpaired) electrons. The van der Waals surface area contributed by atoms with E-state index in [9.17, 15) is 4.79 Å². The van der Waals surface area contributed by atoms with Gasteiger partial charge in [0.05, 0.1) is 0 Å². The number of rotatable bonds is 6. The molecule has 19 heavy (non-hydrogen) atoms. The number of ether oxygens (including phenoxy) is 1. The molecule has 0 saturated heterocycles. The topological polar surface area (TPSA) is 80.1 Å². The van der Waals surface area contributed by atoms with Crippen LogP contribution < -0.4 is 0 Å². The Labute approximate surface area is 111 Å². The molecule has 0 unspecified atom stereocenters. The summed E-state index contributed by atoms with van der Waals surface area (Å²) in [5.74, 6) is 0.631. The van der Waals surface area contributed by atoms with E-state index < -0.39 is 12.8 Å². The highest BCUT2D eigenvalue weighted by Gasteiger charge is 2.19. The van der Waals surface area contributed by atoms with Gasteiger partial charge in [-0.1, -0.05) is 13.3 Å². The summed E-state index contributed by atoms with van der Waals surface area (Å²) < 4.78 is 6.35. The van der Waals surface area contributed by atoms with Crippen LogP contribution in [-0.2, 0) is 11.2 Å². The minimum atomic E-state index is -0.646. The summed E-state index contributed by atoms with van der Waals surface area (Å²) in [7, 11) is 0. The van der Waals surface area contributed by atoms with Gasteiger partial charge in [-0.05, 0) is 18.6 Å². The fraction of sp³-hybridized carbons (Fsp3) is 0.385. The maximum atomic E-state index is 11.8. The van der Waals surface area contributed by atoms with Crippen molar-refractivity contribution in [1.29, 1.82) is 0 Å². The summed E-state index contributed by atoms with van der Waals surface area (Å²) in [6.07, 6.45) is 6.42. The molecule has 2 heterocycles. The summed E-state index contributed by atoms with van der Waals surface area (Å²) in [5, 5.41) is 8.68. The van der Waals surface area contributed by atoms with Crippen molar-refractivity contribution in [2.24, 2.45) is 0 Å². The van der Waals surface area contributed by atoms with E-state index in [1.165, 1.54) is 0 Å². The van der Waals surface area contributed by atoms with Crippen LogP contribution in [0.3, 0.4) is 0 Å². The standard InChI is InChI=1S/C13H17N3O3/c1-2-3-6-10-14-11(13(18)19-9-17)12(15-10)16-7-4-5-8-16/h4-5,7-8,17H,2-3,6,9H2,1H3,(H,14,15). The first-order valence-corrected chi connectivity index (χ1v) is 6.26. The average molecular weight is 263 g/mol. The number of unbranched alkanes of at least 4 members (excludes halogenated alkanes) is 1. The number of esters is 1. The Balaban J connectivity index is 2.33. The fourth-order valence-electron chi connectivity index (χ4n) is 1.81. The SMILES string of the molecule is CCCCc1nc(-n2cccc2)c(C(=O)OCO)[nH]1. The normalized spacial score (nSPS) is 10.6. The van der Waals surface area contributed by atoms with Gasteiger partial charge >= 0.3 is 5.97 Å². The Kier molecular flexibility index (Phi) is 4.35. The minimum Gasteiger partial charge on any atom is -0.434 e. The van der Waals surface area contributed by atoms with Crippen LogP contribution in [0.4, 0.5) is 0 Å². The Morgan fingerprint density at radius 1 is 1.47 bits per heavy atom. The first-order valence-electron chi connectivity index (χ1n) is 6.26. The second-order valence-corrected chi connectivity index (χ2v) is 4.14. The van der Waals surface area contributed by atoms with Crippen LogP contribution in [0.25, 0.3) is 5.82 Å². The Morgan fingerprint density at radius 3 is 2.84 bits per heavy atom. The zero-order valence-electron chi connectivity index (χ0n) is 10.8. The van der Waals surface area contributed by atoms with Crippen molar-refractivity contribution in [2.75, 3.05) is 6.79 Å². The van der Waals surface area contributed by atoms with Crippen molar-refractivity contribution < 1.29 is 14.6 Å². The van der Waals surface area contributed by atoms with Crippen molar-refractivity contribution in [3.63, 3.8) is 0 Å². The van der Waals surface area contributed by atoms with E-state index in [-0.39, 0.29) is 5.69 Å². The molecule has 0 spiro atoms. The quantitative estimate of drug-likeness (QED) is 0.613. The third-order valence-electron chi connectivity index (χ3n) is 2.75. The van der Waals surface area contributed by atoms with Gasteiger partial charge in [0.2, 0.25) is 0 Å². The lowest BCUT2D eigenvalue weighted by molar-refractivity contribution is 0.00629. The molecule has 2 rings (SSSR count). The molecule has 6 nitrogen and oxygen atoms in total. The van der Waals surface area contributed by atoms with Gasteiger partial charge in [0.25, 0.3) is 0 Å². The first kappa shape index (κ1) is 13.4. The number of hydrogen-bond acceptors (Lipinski definition) is 4. The Bertz CT molecular complexity index is 531. The number of H-pyrrole nitrogens is 1. The predicted octanol–water partition coefficient (Wildman–Crippen LogP) is 1.65. The summed E-state index contributed by atoms with van der Waals surface area (Å²) >= 11 is 0. The highest BCUT2D eigenvalue weighted by Crippen LogP contribution is 2.15. The monoisotopic (exact) mass is 263 g/mol. The number of imidazole rings is 1. The number of aromatic nitrogens is 3. The van der Waals surface area contributed by atoms with Gasteiger partial charge in [0.1, 0.15) is 5.82 Å². The van der Waals surface area contributed by atoms with Gasteiger partial charge < -0.3 is 19.4 Å². The van der Waals surface area contributed by atoms with Crippen LogP contribution >= 0.6 is 0 Å². The number of carbonyl (C=O) groups excluding carboxylic acids is 1. The van der Waals surface area contributed by atoms with Gasteiger partial charge in [-0.25, -0.2) is 9.78 Å². The summed E-state index contributed by atoms with van der Waals surface area (Å²) in [6.45, 7) is 1.45. The minimum absolute atomic E-state index is 0.261. The molecule has 0 aromatic carbocycles. The van der Waals surface area contributed by atoms with Crippen LogP contribution in [0, 0.1) is 0 Å². The molecule has 0 fully saturated rings. The third-order valence-corrected chi connectivity index (χ3v) is 2.75.